The Morgan fingerprint density at radius 3 is 1.98 bits per heavy atom. The predicted octanol–water partition coefficient (Wildman–Crippen LogP) is 11.6. The van der Waals surface area contributed by atoms with Crippen LogP contribution in [0.5, 0.6) is 0 Å². The first-order chi connectivity index (χ1) is 19.5. The first-order valence-corrected chi connectivity index (χ1v) is 23.6. The van der Waals surface area contributed by atoms with Crippen LogP contribution in [0.2, 0.25) is 7.25 Å². The van der Waals surface area contributed by atoms with Crippen molar-refractivity contribution in [3.8, 4) is 11.1 Å². The molecule has 4 aliphatic rings. The molecule has 0 saturated heterocycles. The zero-order chi connectivity index (χ0) is 27.3. The molecule has 0 aliphatic heterocycles. The van der Waals surface area contributed by atoms with Gasteiger partial charge in [0, 0.05) is 0 Å². The van der Waals surface area contributed by atoms with Crippen molar-refractivity contribution in [3.63, 3.8) is 0 Å². The SMILES string of the molecule is Cl.Cl.[CH2]=[Zr]([C]1=CC=CC1)([c]1cccc2ccc3c(c12)Cc1ccccc1-3)([CH](C)C1CCCCC1)[CH](C)C1CCCCC1. The van der Waals surface area contributed by atoms with E-state index in [2.05, 4.69) is 86.7 Å². The number of allylic oxidation sites excluding steroid dienone is 4. The molecule has 7 rings (SSSR count). The molecular weight excluding hydrogens is 631 g/mol. The molecule has 2 saturated carbocycles. The predicted molar refractivity (Wildman–Crippen MR) is 187 cm³/mol. The van der Waals surface area contributed by atoms with E-state index in [1.165, 1.54) is 86.3 Å². The number of rotatable bonds is 6. The maximum atomic E-state index is 5.93. The van der Waals surface area contributed by atoms with Crippen molar-refractivity contribution in [3.05, 3.63) is 87.2 Å². The second-order valence-electron chi connectivity index (χ2n) is 14.2. The standard InChI is InChI=1S/C17H11.2C8H15.C5H5.CH2.2ClH.Zr/c1-3-7-14-12(5-1)9-10-16-15-8-4-2-6-13(15)11-17(14)16;2*1-2-8-6-4-3-5-7-8;1-2-4-5-3-1;;;;/h1-6,8-10H,11H2;2*2,8H,3-7H2,1H3;1-3H,4H2;1H2;2*1H;. The topological polar surface area (TPSA) is 0 Å². The first kappa shape index (κ1) is 32.1. The minimum atomic E-state index is -4.26. The Labute approximate surface area is 267 Å². The van der Waals surface area contributed by atoms with Gasteiger partial charge in [0.1, 0.15) is 0 Å². The molecule has 2 atom stereocenters. The summed E-state index contributed by atoms with van der Waals surface area (Å²) in [6.07, 6.45) is 23.8. The number of halogens is 2. The summed E-state index contributed by atoms with van der Waals surface area (Å²) in [4.78, 5) is 0. The fraction of sp³-hybridized carbons (Fsp3) is 0.462. The molecule has 42 heavy (non-hydrogen) atoms. The summed E-state index contributed by atoms with van der Waals surface area (Å²) in [7, 11) is 0. The number of benzene rings is 3. The molecule has 3 aromatic carbocycles. The molecule has 0 heterocycles. The van der Waals surface area contributed by atoms with Gasteiger partial charge >= 0.3 is 245 Å². The van der Waals surface area contributed by atoms with Gasteiger partial charge in [0.2, 0.25) is 0 Å². The van der Waals surface area contributed by atoms with Crippen LogP contribution in [0.4, 0.5) is 0 Å². The molecule has 3 aromatic rings. The molecule has 0 amide bonds. The van der Waals surface area contributed by atoms with Crippen molar-refractivity contribution in [1.29, 1.82) is 0 Å². The molecule has 0 radical (unpaired) electrons. The monoisotopic (exact) mass is 678 g/mol. The molecular formula is C39H50Cl2Zr. The van der Waals surface area contributed by atoms with Crippen LogP contribution in [0.25, 0.3) is 21.9 Å². The third-order valence-corrected chi connectivity index (χ3v) is 34.1. The zero-order valence-corrected chi connectivity index (χ0v) is 29.8. The van der Waals surface area contributed by atoms with Gasteiger partial charge < -0.3 is 0 Å². The molecule has 2 fully saturated rings. The summed E-state index contributed by atoms with van der Waals surface area (Å²) in [6, 6.07) is 21.5. The van der Waals surface area contributed by atoms with Crippen molar-refractivity contribution >= 4 is 43.1 Å². The number of hydrogen-bond acceptors (Lipinski definition) is 0. The van der Waals surface area contributed by atoms with E-state index in [0.717, 1.165) is 24.7 Å². The minimum absolute atomic E-state index is 0. The van der Waals surface area contributed by atoms with E-state index in [4.69, 9.17) is 4.21 Å². The third-order valence-electron chi connectivity index (χ3n) is 12.8. The Balaban J connectivity index is 0.00000176. The fourth-order valence-electron chi connectivity index (χ4n) is 10.4. The Hall–Kier alpha value is -1.27. The van der Waals surface area contributed by atoms with Crippen molar-refractivity contribution in [2.24, 2.45) is 11.8 Å². The Bertz CT molecular complexity index is 1540. The van der Waals surface area contributed by atoms with Crippen molar-refractivity contribution in [1.82, 2.24) is 0 Å². The van der Waals surface area contributed by atoms with Crippen LogP contribution < -0.4 is 3.27 Å². The average Bonchev–Trinajstić information content (AvgIpc) is 3.70. The second kappa shape index (κ2) is 12.6. The van der Waals surface area contributed by atoms with Gasteiger partial charge in [-0.15, -0.1) is 24.8 Å². The third kappa shape index (κ3) is 4.75. The van der Waals surface area contributed by atoms with Crippen LogP contribution in [0.15, 0.2) is 76.1 Å². The summed E-state index contributed by atoms with van der Waals surface area (Å²) < 4.78 is 10.8. The van der Waals surface area contributed by atoms with Crippen molar-refractivity contribution in [2.75, 3.05) is 0 Å². The van der Waals surface area contributed by atoms with Crippen LogP contribution >= 0.6 is 24.8 Å². The first-order valence-electron chi connectivity index (χ1n) is 16.5. The summed E-state index contributed by atoms with van der Waals surface area (Å²) in [5, 5.41) is 3.06. The van der Waals surface area contributed by atoms with E-state index in [-0.39, 0.29) is 24.8 Å². The summed E-state index contributed by atoms with van der Waals surface area (Å²) in [6.45, 7) is 5.45. The molecule has 0 N–H and O–H groups in total. The molecule has 4 aliphatic carbocycles. The van der Waals surface area contributed by atoms with Gasteiger partial charge in [-0.25, -0.2) is 0 Å². The van der Waals surface area contributed by atoms with Crippen LogP contribution in [0.3, 0.4) is 0 Å². The fourth-order valence-corrected chi connectivity index (χ4v) is 31.6. The van der Waals surface area contributed by atoms with Crippen LogP contribution in [-0.2, 0) is 24.7 Å². The van der Waals surface area contributed by atoms with E-state index < -0.39 is 18.3 Å². The molecule has 0 aromatic heterocycles. The van der Waals surface area contributed by atoms with Gasteiger partial charge in [-0.3, -0.25) is 0 Å². The molecule has 0 spiro atoms. The van der Waals surface area contributed by atoms with Crippen LogP contribution in [0, 0.1) is 11.8 Å². The molecule has 0 bridgehead atoms. The van der Waals surface area contributed by atoms with Gasteiger partial charge in [-0.05, 0) is 0 Å². The molecule has 2 unspecified atom stereocenters. The number of hydrogen-bond donors (Lipinski definition) is 0. The van der Waals surface area contributed by atoms with E-state index in [1.807, 2.05) is 0 Å². The van der Waals surface area contributed by atoms with Crippen LogP contribution in [-0.4, -0.2) is 4.21 Å². The van der Waals surface area contributed by atoms with Gasteiger partial charge in [0.15, 0.2) is 0 Å². The average molecular weight is 681 g/mol. The maximum absolute atomic E-state index is 5.93. The second-order valence-corrected chi connectivity index (χ2v) is 29.6. The quantitative estimate of drug-likeness (QED) is 0.190. The molecule has 0 nitrogen and oxygen atoms in total. The number of fused-ring (bicyclic) bond motifs is 5. The van der Waals surface area contributed by atoms with Gasteiger partial charge in [0.05, 0.1) is 0 Å². The summed E-state index contributed by atoms with van der Waals surface area (Å²) in [5.74, 6) is 1.63. The zero-order valence-electron chi connectivity index (χ0n) is 25.7. The van der Waals surface area contributed by atoms with Gasteiger partial charge in [0.25, 0.3) is 0 Å². The van der Waals surface area contributed by atoms with E-state index in [0.29, 0.717) is 7.25 Å². The van der Waals surface area contributed by atoms with E-state index in [1.54, 1.807) is 17.5 Å². The summed E-state index contributed by atoms with van der Waals surface area (Å²) >= 11 is -4.26. The summed E-state index contributed by atoms with van der Waals surface area (Å²) in [5.41, 5.74) is 6.03. The Kier molecular flexibility index (Phi) is 9.65. The van der Waals surface area contributed by atoms with Crippen molar-refractivity contribution < 1.29 is 18.3 Å². The van der Waals surface area contributed by atoms with Crippen molar-refractivity contribution in [2.45, 2.75) is 98.1 Å². The van der Waals surface area contributed by atoms with Gasteiger partial charge in [-0.1, -0.05) is 0 Å². The van der Waals surface area contributed by atoms with Crippen LogP contribution in [0.1, 0.15) is 95.6 Å². The Morgan fingerprint density at radius 2 is 1.36 bits per heavy atom. The van der Waals surface area contributed by atoms with E-state index >= 15 is 0 Å². The Morgan fingerprint density at radius 1 is 0.714 bits per heavy atom. The molecule has 224 valence electrons. The normalized spacial score (nSPS) is 20.7. The van der Waals surface area contributed by atoms with E-state index in [9.17, 15) is 0 Å². The molecule has 3 heteroatoms. The van der Waals surface area contributed by atoms with Gasteiger partial charge in [-0.2, -0.15) is 0 Å².